The molecule has 0 amide bonds. The highest BCUT2D eigenvalue weighted by Crippen LogP contribution is 2.28. The molecule has 1 atom stereocenters. The Morgan fingerprint density at radius 3 is 2.74 bits per heavy atom. The summed E-state index contributed by atoms with van der Waals surface area (Å²) in [6.07, 6.45) is 4.81. The van der Waals surface area contributed by atoms with Crippen LogP contribution in [0.2, 0.25) is 0 Å². The van der Waals surface area contributed by atoms with Gasteiger partial charge in [-0.3, -0.25) is 4.98 Å². The highest BCUT2D eigenvalue weighted by Gasteiger charge is 2.18. The summed E-state index contributed by atoms with van der Waals surface area (Å²) >= 11 is 5.24. The van der Waals surface area contributed by atoms with Crippen molar-refractivity contribution in [3.63, 3.8) is 0 Å². The summed E-state index contributed by atoms with van der Waals surface area (Å²) in [5, 5.41) is 4.67. The monoisotopic (exact) mass is 339 g/mol. The normalized spacial score (nSPS) is 12.6. The summed E-state index contributed by atoms with van der Waals surface area (Å²) in [6, 6.07) is 2.23. The third kappa shape index (κ3) is 3.61. The third-order valence-corrected chi connectivity index (χ3v) is 4.52. The largest absolute Gasteiger partial charge is 0.304 e. The van der Waals surface area contributed by atoms with Crippen molar-refractivity contribution >= 4 is 27.3 Å². The smallest absolute Gasteiger partial charge is 0.115 e. The van der Waals surface area contributed by atoms with E-state index in [4.69, 9.17) is 0 Å². The van der Waals surface area contributed by atoms with Crippen LogP contribution in [0.3, 0.4) is 0 Å². The Morgan fingerprint density at radius 1 is 1.37 bits per heavy atom. The van der Waals surface area contributed by atoms with Gasteiger partial charge < -0.3 is 5.32 Å². The lowest BCUT2D eigenvalue weighted by molar-refractivity contribution is 0.593. The zero-order valence-electron chi connectivity index (χ0n) is 11.4. The molecule has 0 bridgehead atoms. The van der Waals surface area contributed by atoms with E-state index in [1.807, 2.05) is 6.20 Å². The van der Waals surface area contributed by atoms with Gasteiger partial charge in [0.25, 0.3) is 0 Å². The van der Waals surface area contributed by atoms with E-state index in [0.29, 0.717) is 0 Å². The summed E-state index contributed by atoms with van der Waals surface area (Å²) in [7, 11) is 0. The minimum absolute atomic E-state index is 0.127. The molecule has 0 radical (unpaired) electrons. The Bertz CT molecular complexity index is 534. The van der Waals surface area contributed by atoms with Gasteiger partial charge in [0.1, 0.15) is 5.01 Å². The van der Waals surface area contributed by atoms with E-state index >= 15 is 0 Å². The molecule has 0 aliphatic carbocycles. The maximum Gasteiger partial charge on any atom is 0.115 e. The number of nitrogens with one attached hydrogen (secondary N) is 1. The van der Waals surface area contributed by atoms with Crippen molar-refractivity contribution in [2.75, 3.05) is 6.54 Å². The maximum atomic E-state index is 4.68. The summed E-state index contributed by atoms with van der Waals surface area (Å²) < 4.78 is 0.998. The summed E-state index contributed by atoms with van der Waals surface area (Å²) in [5.41, 5.74) is 2.27. The molecule has 0 aliphatic rings. The number of thiazole rings is 1. The molecule has 0 saturated heterocycles. The fourth-order valence-electron chi connectivity index (χ4n) is 1.84. The first kappa shape index (κ1) is 14.6. The van der Waals surface area contributed by atoms with Crippen molar-refractivity contribution < 1.29 is 0 Å². The van der Waals surface area contributed by atoms with E-state index in [1.54, 1.807) is 17.5 Å². The topological polar surface area (TPSA) is 37.8 Å². The lowest BCUT2D eigenvalue weighted by Gasteiger charge is -2.16. The van der Waals surface area contributed by atoms with Crippen LogP contribution in [0.5, 0.6) is 0 Å². The lowest BCUT2D eigenvalue weighted by Crippen LogP contribution is -2.23. The van der Waals surface area contributed by atoms with Gasteiger partial charge in [-0.1, -0.05) is 6.92 Å². The van der Waals surface area contributed by atoms with E-state index in [1.165, 1.54) is 4.88 Å². The van der Waals surface area contributed by atoms with Gasteiger partial charge in [-0.25, -0.2) is 4.98 Å². The molecule has 2 heterocycles. The van der Waals surface area contributed by atoms with Gasteiger partial charge >= 0.3 is 0 Å². The molecule has 102 valence electrons. The lowest BCUT2D eigenvalue weighted by atomic mass is 10.1. The van der Waals surface area contributed by atoms with Crippen LogP contribution < -0.4 is 5.32 Å². The molecule has 1 N–H and O–H groups in total. The summed E-state index contributed by atoms with van der Waals surface area (Å²) in [5.74, 6) is 0. The van der Waals surface area contributed by atoms with Crippen LogP contribution in [0.15, 0.2) is 22.9 Å². The summed E-state index contributed by atoms with van der Waals surface area (Å²) in [4.78, 5) is 10.2. The molecule has 0 spiro atoms. The molecule has 2 aromatic heterocycles. The fraction of sp³-hybridized carbons (Fsp3) is 0.429. The first-order valence-electron chi connectivity index (χ1n) is 6.39. The van der Waals surface area contributed by atoms with Gasteiger partial charge in [0.15, 0.2) is 0 Å². The van der Waals surface area contributed by atoms with E-state index in [-0.39, 0.29) is 6.04 Å². The number of aromatic nitrogens is 2. The zero-order valence-corrected chi connectivity index (χ0v) is 13.8. The van der Waals surface area contributed by atoms with Crippen LogP contribution >= 0.6 is 27.3 Å². The fourth-order valence-corrected chi connectivity index (χ4v) is 3.25. The summed E-state index contributed by atoms with van der Waals surface area (Å²) in [6.45, 7) is 7.31. The standard InChI is InChI=1S/C14H18BrN3S/c1-4-5-17-13(11-6-12(15)8-16-7-11)14-18-9(2)10(3)19-14/h6-8,13,17H,4-5H2,1-3H3. The first-order chi connectivity index (χ1) is 9.11. The van der Waals surface area contributed by atoms with E-state index in [0.717, 1.165) is 33.7 Å². The molecule has 5 heteroatoms. The van der Waals surface area contributed by atoms with Gasteiger partial charge in [-0.05, 0) is 54.4 Å². The number of rotatable bonds is 5. The minimum atomic E-state index is 0.127. The Labute approximate surface area is 126 Å². The molecule has 3 nitrogen and oxygen atoms in total. The number of hydrogen-bond donors (Lipinski definition) is 1. The van der Waals surface area contributed by atoms with Crippen molar-refractivity contribution in [1.82, 2.24) is 15.3 Å². The predicted molar refractivity (Wildman–Crippen MR) is 83.7 cm³/mol. The van der Waals surface area contributed by atoms with Gasteiger partial charge in [0.2, 0.25) is 0 Å². The quantitative estimate of drug-likeness (QED) is 0.894. The zero-order chi connectivity index (χ0) is 13.8. The Kier molecular flexibility index (Phi) is 5.07. The van der Waals surface area contributed by atoms with E-state index < -0.39 is 0 Å². The molecule has 2 aromatic rings. The van der Waals surface area contributed by atoms with Crippen LogP contribution in [-0.4, -0.2) is 16.5 Å². The van der Waals surface area contributed by atoms with Crippen molar-refractivity contribution in [3.8, 4) is 0 Å². The van der Waals surface area contributed by atoms with Gasteiger partial charge in [-0.2, -0.15) is 0 Å². The van der Waals surface area contributed by atoms with Crippen molar-refractivity contribution in [2.45, 2.75) is 33.2 Å². The second-order valence-electron chi connectivity index (χ2n) is 4.52. The highest BCUT2D eigenvalue weighted by atomic mass is 79.9. The Balaban J connectivity index is 2.35. The molecule has 0 aromatic carbocycles. The SMILES string of the molecule is CCCNC(c1cncc(Br)c1)c1nc(C)c(C)s1. The predicted octanol–water partition coefficient (Wildman–Crippen LogP) is 4.01. The van der Waals surface area contributed by atoms with Gasteiger partial charge in [0, 0.05) is 21.7 Å². The van der Waals surface area contributed by atoms with Gasteiger partial charge in [-0.15, -0.1) is 11.3 Å². The van der Waals surface area contributed by atoms with Crippen LogP contribution in [0.1, 0.15) is 40.5 Å². The number of aryl methyl sites for hydroxylation is 2. The van der Waals surface area contributed by atoms with Crippen LogP contribution in [0.4, 0.5) is 0 Å². The average Bonchev–Trinajstić information content (AvgIpc) is 2.70. The average molecular weight is 340 g/mol. The third-order valence-electron chi connectivity index (χ3n) is 2.95. The van der Waals surface area contributed by atoms with E-state index in [2.05, 4.69) is 58.1 Å². The molecule has 0 saturated carbocycles. The van der Waals surface area contributed by atoms with Crippen molar-refractivity contribution in [1.29, 1.82) is 0 Å². The molecule has 2 rings (SSSR count). The molecule has 0 aliphatic heterocycles. The van der Waals surface area contributed by atoms with Crippen molar-refractivity contribution in [2.24, 2.45) is 0 Å². The number of hydrogen-bond acceptors (Lipinski definition) is 4. The maximum absolute atomic E-state index is 4.68. The Hall–Kier alpha value is -0.780. The first-order valence-corrected chi connectivity index (χ1v) is 8.00. The molecule has 0 fully saturated rings. The highest BCUT2D eigenvalue weighted by molar-refractivity contribution is 9.10. The molecule has 1 unspecified atom stereocenters. The number of pyridine rings is 1. The van der Waals surface area contributed by atoms with Crippen LogP contribution in [0.25, 0.3) is 0 Å². The number of halogens is 1. The minimum Gasteiger partial charge on any atom is -0.304 e. The second-order valence-corrected chi connectivity index (χ2v) is 6.67. The van der Waals surface area contributed by atoms with Crippen LogP contribution in [0, 0.1) is 13.8 Å². The van der Waals surface area contributed by atoms with Crippen LogP contribution in [-0.2, 0) is 0 Å². The molecule has 19 heavy (non-hydrogen) atoms. The van der Waals surface area contributed by atoms with Crippen molar-refractivity contribution in [3.05, 3.63) is 44.1 Å². The molecular formula is C14H18BrN3S. The Morgan fingerprint density at radius 2 is 2.16 bits per heavy atom. The number of nitrogens with zero attached hydrogens (tertiary/aromatic N) is 2. The van der Waals surface area contributed by atoms with Gasteiger partial charge in [0.05, 0.1) is 11.7 Å². The molecular weight excluding hydrogens is 322 g/mol. The van der Waals surface area contributed by atoms with E-state index in [9.17, 15) is 0 Å². The second kappa shape index (κ2) is 6.59.